The van der Waals surface area contributed by atoms with Crippen molar-refractivity contribution in [2.24, 2.45) is 0 Å². The Labute approximate surface area is 127 Å². The highest BCUT2D eigenvalue weighted by Crippen LogP contribution is 2.24. The largest absolute Gasteiger partial charge is 0.269 e. The zero-order chi connectivity index (χ0) is 15.5. The molecule has 0 aliphatic heterocycles. The minimum atomic E-state index is -3.51. The van der Waals surface area contributed by atoms with Crippen molar-refractivity contribution in [1.29, 1.82) is 0 Å². The number of nitrogens with zero attached hydrogens (tertiary/aromatic N) is 1. The van der Waals surface area contributed by atoms with Crippen LogP contribution in [0, 0.1) is 0 Å². The predicted molar refractivity (Wildman–Crippen MR) is 87.2 cm³/mol. The van der Waals surface area contributed by atoms with Gasteiger partial charge in [-0.1, -0.05) is 44.2 Å². The van der Waals surface area contributed by atoms with E-state index in [4.69, 9.17) is 0 Å². The van der Waals surface area contributed by atoms with Crippen LogP contribution < -0.4 is 4.31 Å². The molecule has 0 fully saturated rings. The van der Waals surface area contributed by atoms with Gasteiger partial charge in [-0.2, -0.15) is 0 Å². The number of anilines is 1. The Balaban J connectivity index is 2.32. The molecule has 0 saturated heterocycles. The number of hydrogen-bond donors (Lipinski definition) is 0. The van der Waals surface area contributed by atoms with Crippen molar-refractivity contribution >= 4 is 15.7 Å². The molecule has 4 heteroatoms. The number of benzene rings is 2. The molecule has 0 unspecified atom stereocenters. The van der Waals surface area contributed by atoms with Crippen LogP contribution in [0.2, 0.25) is 0 Å². The fraction of sp³-hybridized carbons (Fsp3) is 0.294. The molecular weight excluding hydrogens is 282 g/mol. The Hall–Kier alpha value is -1.81. The van der Waals surface area contributed by atoms with E-state index in [1.54, 1.807) is 31.3 Å². The summed E-state index contributed by atoms with van der Waals surface area (Å²) >= 11 is 0. The molecular formula is C17H21NO2S. The van der Waals surface area contributed by atoms with E-state index in [1.165, 1.54) is 9.87 Å². The summed E-state index contributed by atoms with van der Waals surface area (Å²) in [5.74, 6) is 0.439. The molecule has 0 heterocycles. The van der Waals surface area contributed by atoms with E-state index >= 15 is 0 Å². The summed E-state index contributed by atoms with van der Waals surface area (Å²) in [4.78, 5) is 0.320. The number of rotatable bonds is 5. The molecule has 0 aliphatic rings. The first-order valence-electron chi connectivity index (χ1n) is 7.10. The third-order valence-corrected chi connectivity index (χ3v) is 5.64. The standard InChI is InChI=1S/C17H21NO2S/c1-4-14(2)15-10-12-17(13-11-15)21(19,20)18(3)16-8-6-5-7-9-16/h5-14H,4H2,1-3H3/t14-/m0/s1. The van der Waals surface area contributed by atoms with E-state index in [0.29, 0.717) is 16.5 Å². The van der Waals surface area contributed by atoms with Gasteiger partial charge < -0.3 is 0 Å². The maximum absolute atomic E-state index is 12.6. The van der Waals surface area contributed by atoms with Crippen molar-refractivity contribution in [3.05, 3.63) is 60.2 Å². The Morgan fingerprint density at radius 1 is 1.00 bits per heavy atom. The average Bonchev–Trinajstić information content (AvgIpc) is 2.54. The molecule has 0 spiro atoms. The predicted octanol–water partition coefficient (Wildman–Crippen LogP) is 4.03. The SMILES string of the molecule is CC[C@H](C)c1ccc(S(=O)(=O)N(C)c2ccccc2)cc1. The van der Waals surface area contributed by atoms with E-state index in [1.807, 2.05) is 30.3 Å². The molecule has 3 nitrogen and oxygen atoms in total. The summed E-state index contributed by atoms with van der Waals surface area (Å²) in [7, 11) is -1.93. The maximum atomic E-state index is 12.6. The van der Waals surface area contributed by atoms with Gasteiger partial charge in [-0.15, -0.1) is 0 Å². The highest BCUT2D eigenvalue weighted by Gasteiger charge is 2.21. The summed E-state index contributed by atoms with van der Waals surface area (Å²) < 4.78 is 26.5. The van der Waals surface area contributed by atoms with Gasteiger partial charge in [0.2, 0.25) is 0 Å². The second-order valence-electron chi connectivity index (χ2n) is 5.19. The third kappa shape index (κ3) is 3.27. The van der Waals surface area contributed by atoms with Gasteiger partial charge in [-0.25, -0.2) is 8.42 Å². The number of sulfonamides is 1. The lowest BCUT2D eigenvalue weighted by atomic mass is 9.99. The van der Waals surface area contributed by atoms with Gasteiger partial charge >= 0.3 is 0 Å². The van der Waals surface area contributed by atoms with Crippen LogP contribution in [0.4, 0.5) is 5.69 Å². The van der Waals surface area contributed by atoms with Crippen molar-refractivity contribution in [2.45, 2.75) is 31.1 Å². The molecule has 0 amide bonds. The zero-order valence-corrected chi connectivity index (χ0v) is 13.5. The van der Waals surface area contributed by atoms with Gasteiger partial charge in [-0.05, 0) is 42.2 Å². The van der Waals surface area contributed by atoms with E-state index in [-0.39, 0.29) is 0 Å². The molecule has 0 bridgehead atoms. The lowest BCUT2D eigenvalue weighted by Gasteiger charge is -2.20. The van der Waals surface area contributed by atoms with Gasteiger partial charge in [0.1, 0.15) is 0 Å². The van der Waals surface area contributed by atoms with E-state index in [2.05, 4.69) is 13.8 Å². The van der Waals surface area contributed by atoms with Crippen LogP contribution in [-0.2, 0) is 10.0 Å². The van der Waals surface area contributed by atoms with Gasteiger partial charge in [0.25, 0.3) is 10.0 Å². The lowest BCUT2D eigenvalue weighted by Crippen LogP contribution is -2.26. The summed E-state index contributed by atoms with van der Waals surface area (Å²) in [6.07, 6.45) is 1.04. The minimum Gasteiger partial charge on any atom is -0.269 e. The van der Waals surface area contributed by atoms with E-state index < -0.39 is 10.0 Å². The quantitative estimate of drug-likeness (QED) is 0.836. The van der Waals surface area contributed by atoms with Crippen molar-refractivity contribution in [2.75, 3.05) is 11.4 Å². The van der Waals surface area contributed by atoms with Crippen LogP contribution in [0.5, 0.6) is 0 Å². The average molecular weight is 303 g/mol. The monoisotopic (exact) mass is 303 g/mol. The van der Waals surface area contributed by atoms with Crippen LogP contribution >= 0.6 is 0 Å². The number of para-hydroxylation sites is 1. The molecule has 2 aromatic rings. The van der Waals surface area contributed by atoms with Crippen LogP contribution in [0.1, 0.15) is 31.7 Å². The Morgan fingerprint density at radius 2 is 1.57 bits per heavy atom. The second-order valence-corrected chi connectivity index (χ2v) is 7.16. The van der Waals surface area contributed by atoms with Crippen LogP contribution in [0.3, 0.4) is 0 Å². The molecule has 0 saturated carbocycles. The number of hydrogen-bond acceptors (Lipinski definition) is 2. The Kier molecular flexibility index (Phi) is 4.68. The molecule has 0 aromatic heterocycles. The zero-order valence-electron chi connectivity index (χ0n) is 12.7. The third-order valence-electron chi connectivity index (χ3n) is 3.84. The van der Waals surface area contributed by atoms with E-state index in [9.17, 15) is 8.42 Å². The summed E-state index contributed by atoms with van der Waals surface area (Å²) in [6.45, 7) is 4.26. The molecule has 0 N–H and O–H groups in total. The van der Waals surface area contributed by atoms with E-state index in [0.717, 1.165) is 6.42 Å². The molecule has 112 valence electrons. The van der Waals surface area contributed by atoms with Crippen LogP contribution in [0.15, 0.2) is 59.5 Å². The normalized spacial score (nSPS) is 12.9. The van der Waals surface area contributed by atoms with Gasteiger partial charge in [0.15, 0.2) is 0 Å². The lowest BCUT2D eigenvalue weighted by molar-refractivity contribution is 0.594. The first-order chi connectivity index (χ1) is 9.96. The Morgan fingerprint density at radius 3 is 2.10 bits per heavy atom. The first kappa shape index (κ1) is 15.6. The molecule has 2 aromatic carbocycles. The summed E-state index contributed by atoms with van der Waals surface area (Å²) in [5.41, 5.74) is 1.82. The molecule has 2 rings (SSSR count). The smallest absolute Gasteiger partial charge is 0.264 e. The summed E-state index contributed by atoms with van der Waals surface area (Å²) in [6, 6.07) is 16.3. The summed E-state index contributed by atoms with van der Waals surface area (Å²) in [5, 5.41) is 0. The fourth-order valence-corrected chi connectivity index (χ4v) is 3.33. The van der Waals surface area contributed by atoms with Crippen molar-refractivity contribution in [3.8, 4) is 0 Å². The highest BCUT2D eigenvalue weighted by molar-refractivity contribution is 7.92. The van der Waals surface area contributed by atoms with Crippen LogP contribution in [-0.4, -0.2) is 15.5 Å². The highest BCUT2D eigenvalue weighted by atomic mass is 32.2. The van der Waals surface area contributed by atoms with Crippen LogP contribution in [0.25, 0.3) is 0 Å². The Bertz CT molecular complexity index is 678. The molecule has 0 radical (unpaired) electrons. The van der Waals surface area contributed by atoms with Crippen molar-refractivity contribution < 1.29 is 8.42 Å². The topological polar surface area (TPSA) is 37.4 Å². The molecule has 0 aliphatic carbocycles. The van der Waals surface area contributed by atoms with Crippen molar-refractivity contribution in [3.63, 3.8) is 0 Å². The van der Waals surface area contributed by atoms with Gasteiger partial charge in [-0.3, -0.25) is 4.31 Å². The van der Waals surface area contributed by atoms with Gasteiger partial charge in [0.05, 0.1) is 10.6 Å². The van der Waals surface area contributed by atoms with Crippen molar-refractivity contribution in [1.82, 2.24) is 0 Å². The first-order valence-corrected chi connectivity index (χ1v) is 8.54. The minimum absolute atomic E-state index is 0.320. The maximum Gasteiger partial charge on any atom is 0.264 e. The molecule has 21 heavy (non-hydrogen) atoms. The molecule has 1 atom stereocenters. The second kappa shape index (κ2) is 6.31. The fourth-order valence-electron chi connectivity index (χ4n) is 2.14. The van der Waals surface area contributed by atoms with Gasteiger partial charge in [0, 0.05) is 7.05 Å².